The maximum Gasteiger partial charge on any atom is 0.181 e. The molecule has 17 heavy (non-hydrogen) atoms. The standard InChI is InChI=1S/C13H16N4/c1-3-9-14-10-12-15-13(16-17(12)2)11-7-5-4-6-8-11/h3-8,14H,1,9-10H2,2H3. The van der Waals surface area contributed by atoms with Crippen LogP contribution in [0.1, 0.15) is 5.82 Å². The van der Waals surface area contributed by atoms with Gasteiger partial charge in [-0.1, -0.05) is 36.4 Å². The monoisotopic (exact) mass is 228 g/mol. The average Bonchev–Trinajstić information content (AvgIpc) is 2.73. The highest BCUT2D eigenvalue weighted by molar-refractivity contribution is 5.53. The van der Waals surface area contributed by atoms with Crippen LogP contribution in [0.5, 0.6) is 0 Å². The minimum atomic E-state index is 0.697. The molecule has 4 nitrogen and oxygen atoms in total. The van der Waals surface area contributed by atoms with E-state index in [1.807, 2.05) is 43.5 Å². The lowest BCUT2D eigenvalue weighted by Gasteiger charge is -1.99. The Bertz CT molecular complexity index is 487. The van der Waals surface area contributed by atoms with Gasteiger partial charge in [-0.3, -0.25) is 4.68 Å². The first-order chi connectivity index (χ1) is 8.31. The highest BCUT2D eigenvalue weighted by Crippen LogP contribution is 2.14. The van der Waals surface area contributed by atoms with Gasteiger partial charge in [0.25, 0.3) is 0 Å². The van der Waals surface area contributed by atoms with Gasteiger partial charge in [0.1, 0.15) is 5.82 Å². The van der Waals surface area contributed by atoms with Gasteiger partial charge in [-0.05, 0) is 0 Å². The van der Waals surface area contributed by atoms with E-state index in [2.05, 4.69) is 22.0 Å². The van der Waals surface area contributed by atoms with Crippen LogP contribution in [0.2, 0.25) is 0 Å². The van der Waals surface area contributed by atoms with Crippen molar-refractivity contribution in [2.75, 3.05) is 6.54 Å². The molecule has 0 aliphatic heterocycles. The molecule has 88 valence electrons. The molecule has 0 radical (unpaired) electrons. The molecule has 0 atom stereocenters. The molecule has 0 unspecified atom stereocenters. The Morgan fingerprint density at radius 3 is 2.82 bits per heavy atom. The van der Waals surface area contributed by atoms with Gasteiger partial charge >= 0.3 is 0 Å². The van der Waals surface area contributed by atoms with Gasteiger partial charge < -0.3 is 5.32 Å². The van der Waals surface area contributed by atoms with E-state index < -0.39 is 0 Å². The number of hydrogen-bond acceptors (Lipinski definition) is 3. The van der Waals surface area contributed by atoms with Crippen LogP contribution in [-0.4, -0.2) is 21.3 Å². The van der Waals surface area contributed by atoms with Crippen LogP contribution in [0.15, 0.2) is 43.0 Å². The fraction of sp³-hybridized carbons (Fsp3) is 0.231. The fourth-order valence-corrected chi connectivity index (χ4v) is 1.57. The Morgan fingerprint density at radius 1 is 1.35 bits per heavy atom. The zero-order chi connectivity index (χ0) is 12.1. The van der Waals surface area contributed by atoms with Crippen LogP contribution in [0.4, 0.5) is 0 Å². The summed E-state index contributed by atoms with van der Waals surface area (Å²) in [4.78, 5) is 4.51. The topological polar surface area (TPSA) is 42.7 Å². The van der Waals surface area contributed by atoms with Crippen LogP contribution in [-0.2, 0) is 13.6 Å². The molecule has 0 amide bonds. The minimum absolute atomic E-state index is 0.697. The van der Waals surface area contributed by atoms with Crippen LogP contribution in [0.25, 0.3) is 11.4 Å². The van der Waals surface area contributed by atoms with Crippen molar-refractivity contribution in [2.24, 2.45) is 7.05 Å². The van der Waals surface area contributed by atoms with E-state index in [9.17, 15) is 0 Å². The van der Waals surface area contributed by atoms with E-state index in [0.717, 1.165) is 23.8 Å². The van der Waals surface area contributed by atoms with Crippen LogP contribution >= 0.6 is 0 Å². The SMILES string of the molecule is C=CCNCc1nc(-c2ccccc2)nn1C. The molecule has 0 spiro atoms. The van der Waals surface area contributed by atoms with Gasteiger partial charge in [0.15, 0.2) is 5.82 Å². The lowest BCUT2D eigenvalue weighted by atomic mass is 10.2. The van der Waals surface area contributed by atoms with Gasteiger partial charge in [0.05, 0.1) is 6.54 Å². The van der Waals surface area contributed by atoms with Gasteiger partial charge in [0, 0.05) is 19.2 Å². The lowest BCUT2D eigenvalue weighted by molar-refractivity contribution is 0.642. The number of nitrogens with zero attached hydrogens (tertiary/aromatic N) is 3. The first kappa shape index (κ1) is 11.5. The van der Waals surface area contributed by atoms with Crippen molar-refractivity contribution >= 4 is 0 Å². The molecule has 2 aromatic rings. The number of benzene rings is 1. The Kier molecular flexibility index (Phi) is 3.67. The summed E-state index contributed by atoms with van der Waals surface area (Å²) in [6.45, 7) is 5.13. The second kappa shape index (κ2) is 5.41. The second-order valence-electron chi connectivity index (χ2n) is 3.76. The summed E-state index contributed by atoms with van der Waals surface area (Å²) in [5, 5.41) is 7.61. The molecule has 2 rings (SSSR count). The quantitative estimate of drug-likeness (QED) is 0.626. The van der Waals surface area contributed by atoms with Gasteiger partial charge in [0.2, 0.25) is 0 Å². The molecule has 0 aliphatic carbocycles. The summed E-state index contributed by atoms with van der Waals surface area (Å²) in [6.07, 6.45) is 1.83. The number of nitrogens with one attached hydrogen (secondary N) is 1. The van der Waals surface area contributed by atoms with Crippen LogP contribution in [0.3, 0.4) is 0 Å². The summed E-state index contributed by atoms with van der Waals surface area (Å²) < 4.78 is 1.80. The molecule has 1 heterocycles. The predicted molar refractivity (Wildman–Crippen MR) is 68.3 cm³/mol. The maximum atomic E-state index is 4.51. The Morgan fingerprint density at radius 2 is 2.12 bits per heavy atom. The number of aromatic nitrogens is 3. The Hall–Kier alpha value is -1.94. The van der Waals surface area contributed by atoms with E-state index in [0.29, 0.717) is 6.54 Å². The molecule has 0 aliphatic rings. The van der Waals surface area contributed by atoms with Crippen molar-refractivity contribution < 1.29 is 0 Å². The second-order valence-corrected chi connectivity index (χ2v) is 3.76. The number of aryl methyl sites for hydroxylation is 1. The van der Waals surface area contributed by atoms with E-state index >= 15 is 0 Å². The molecular weight excluding hydrogens is 212 g/mol. The summed E-state index contributed by atoms with van der Waals surface area (Å²) >= 11 is 0. The van der Waals surface area contributed by atoms with E-state index in [4.69, 9.17) is 0 Å². The lowest BCUT2D eigenvalue weighted by Crippen LogP contribution is -2.16. The Labute approximate surface area is 101 Å². The van der Waals surface area contributed by atoms with Crippen molar-refractivity contribution in [1.29, 1.82) is 0 Å². The third kappa shape index (κ3) is 2.79. The first-order valence-electron chi connectivity index (χ1n) is 5.58. The molecule has 0 fully saturated rings. The summed E-state index contributed by atoms with van der Waals surface area (Å²) in [6, 6.07) is 9.98. The third-order valence-corrected chi connectivity index (χ3v) is 2.46. The highest BCUT2D eigenvalue weighted by atomic mass is 15.3. The molecule has 0 saturated carbocycles. The smallest absolute Gasteiger partial charge is 0.181 e. The number of hydrogen-bond donors (Lipinski definition) is 1. The molecule has 0 saturated heterocycles. The van der Waals surface area contributed by atoms with Crippen LogP contribution in [0, 0.1) is 0 Å². The minimum Gasteiger partial charge on any atom is -0.306 e. The van der Waals surface area contributed by atoms with Crippen LogP contribution < -0.4 is 5.32 Å². The Balaban J connectivity index is 2.16. The van der Waals surface area contributed by atoms with Gasteiger partial charge in [-0.25, -0.2) is 4.98 Å². The molecule has 1 aromatic heterocycles. The van der Waals surface area contributed by atoms with E-state index in [1.165, 1.54) is 0 Å². The first-order valence-corrected chi connectivity index (χ1v) is 5.58. The molecule has 0 bridgehead atoms. The molecule has 1 N–H and O–H groups in total. The fourth-order valence-electron chi connectivity index (χ4n) is 1.57. The number of rotatable bonds is 5. The highest BCUT2D eigenvalue weighted by Gasteiger charge is 2.07. The predicted octanol–water partition coefficient (Wildman–Crippen LogP) is 1.76. The van der Waals surface area contributed by atoms with Crippen molar-refractivity contribution in [1.82, 2.24) is 20.1 Å². The van der Waals surface area contributed by atoms with E-state index in [1.54, 1.807) is 4.68 Å². The molecule has 1 aromatic carbocycles. The van der Waals surface area contributed by atoms with Crippen molar-refractivity contribution in [3.63, 3.8) is 0 Å². The van der Waals surface area contributed by atoms with Crippen molar-refractivity contribution in [3.8, 4) is 11.4 Å². The summed E-state index contributed by atoms with van der Waals surface area (Å²) in [7, 11) is 1.91. The van der Waals surface area contributed by atoms with Gasteiger partial charge in [-0.2, -0.15) is 5.10 Å². The summed E-state index contributed by atoms with van der Waals surface area (Å²) in [5.41, 5.74) is 1.04. The zero-order valence-electron chi connectivity index (χ0n) is 9.93. The maximum absolute atomic E-state index is 4.51. The van der Waals surface area contributed by atoms with Crippen molar-refractivity contribution in [2.45, 2.75) is 6.54 Å². The largest absolute Gasteiger partial charge is 0.306 e. The van der Waals surface area contributed by atoms with Gasteiger partial charge in [-0.15, -0.1) is 6.58 Å². The summed E-state index contributed by atoms with van der Waals surface area (Å²) in [5.74, 6) is 1.69. The normalized spacial score (nSPS) is 10.4. The van der Waals surface area contributed by atoms with Crippen molar-refractivity contribution in [3.05, 3.63) is 48.8 Å². The third-order valence-electron chi connectivity index (χ3n) is 2.46. The average molecular weight is 228 g/mol. The molecule has 4 heteroatoms. The molecular formula is C13H16N4. The zero-order valence-corrected chi connectivity index (χ0v) is 9.93. The van der Waals surface area contributed by atoms with E-state index in [-0.39, 0.29) is 0 Å².